The quantitative estimate of drug-likeness (QED) is 0.578. The molecule has 3 rings (SSSR count). The van der Waals surface area contributed by atoms with Crippen LogP contribution in [0.1, 0.15) is 13.3 Å². The topological polar surface area (TPSA) is 91.2 Å². The van der Waals surface area contributed by atoms with Gasteiger partial charge in [0.05, 0.1) is 10.3 Å². The first-order chi connectivity index (χ1) is 11.9. The second-order valence-corrected chi connectivity index (χ2v) is 5.71. The van der Waals surface area contributed by atoms with Crippen LogP contribution in [0.5, 0.6) is 0 Å². The maximum atomic E-state index is 13.7. The predicted molar refractivity (Wildman–Crippen MR) is 95.0 cm³/mol. The van der Waals surface area contributed by atoms with Crippen LogP contribution in [0.4, 0.5) is 15.9 Å². The summed E-state index contributed by atoms with van der Waals surface area (Å²) in [5, 5.41) is 11.7. The molecule has 0 aliphatic rings. The fourth-order valence-corrected chi connectivity index (χ4v) is 2.96. The minimum absolute atomic E-state index is 0.178. The molecule has 0 aliphatic heterocycles. The maximum absolute atomic E-state index is 13.7. The van der Waals surface area contributed by atoms with Crippen LogP contribution in [-0.2, 0) is 6.54 Å². The Kier molecular flexibility index (Phi) is 4.22. The number of aromatic nitrogens is 1. The van der Waals surface area contributed by atoms with Crippen molar-refractivity contribution in [2.75, 3.05) is 5.73 Å². The van der Waals surface area contributed by atoms with Crippen molar-refractivity contribution in [2.24, 2.45) is 0 Å². The molecule has 6 nitrogen and oxygen atoms in total. The van der Waals surface area contributed by atoms with E-state index in [4.69, 9.17) is 5.73 Å². The van der Waals surface area contributed by atoms with Gasteiger partial charge in [-0.25, -0.2) is 4.39 Å². The lowest BCUT2D eigenvalue weighted by molar-refractivity contribution is -0.384. The summed E-state index contributed by atoms with van der Waals surface area (Å²) in [6.45, 7) is 2.26. The van der Waals surface area contributed by atoms with Gasteiger partial charge in [0.1, 0.15) is 11.6 Å². The summed E-state index contributed by atoms with van der Waals surface area (Å²) in [4.78, 5) is 23.3. The molecule has 0 aliphatic carbocycles. The maximum Gasteiger partial charge on any atom is 0.270 e. The Bertz CT molecular complexity index is 1040. The summed E-state index contributed by atoms with van der Waals surface area (Å²) in [5.74, 6) is -0.209. The second-order valence-electron chi connectivity index (χ2n) is 5.71. The number of nitrogens with zero attached hydrogens (tertiary/aromatic N) is 2. The normalized spacial score (nSPS) is 11.0. The highest BCUT2D eigenvalue weighted by Gasteiger charge is 2.18. The lowest BCUT2D eigenvalue weighted by Crippen LogP contribution is -2.24. The number of benzene rings is 2. The standard InChI is InChI=1S/C18H16FN3O3/c1-2-8-21-17(20)16(11-4-3-5-12(19)9-11)14-7-6-13(22(24)25)10-15(14)18(21)23/h3-7,9-10H,2,8,20H2,1H3. The monoisotopic (exact) mass is 341 g/mol. The zero-order valence-electron chi connectivity index (χ0n) is 13.5. The molecule has 25 heavy (non-hydrogen) atoms. The highest BCUT2D eigenvalue weighted by atomic mass is 19.1. The first-order valence-electron chi connectivity index (χ1n) is 7.80. The van der Waals surface area contributed by atoms with Crippen LogP contribution in [0.25, 0.3) is 21.9 Å². The lowest BCUT2D eigenvalue weighted by atomic mass is 9.98. The highest BCUT2D eigenvalue weighted by molar-refractivity contribution is 6.01. The molecule has 2 aromatic carbocycles. The SMILES string of the molecule is CCCn1c(N)c(-c2cccc(F)c2)c2ccc([N+](=O)[O-])cc2c1=O. The molecule has 0 bridgehead atoms. The lowest BCUT2D eigenvalue weighted by Gasteiger charge is -2.16. The van der Waals surface area contributed by atoms with Gasteiger partial charge >= 0.3 is 0 Å². The van der Waals surface area contributed by atoms with Gasteiger partial charge in [0.25, 0.3) is 11.2 Å². The minimum atomic E-state index is -0.554. The molecular formula is C18H16FN3O3. The van der Waals surface area contributed by atoms with Crippen molar-refractivity contribution in [1.82, 2.24) is 4.57 Å². The summed E-state index contributed by atoms with van der Waals surface area (Å²) in [6.07, 6.45) is 0.660. The summed E-state index contributed by atoms with van der Waals surface area (Å²) < 4.78 is 15.1. The molecule has 0 unspecified atom stereocenters. The zero-order valence-corrected chi connectivity index (χ0v) is 13.5. The van der Waals surface area contributed by atoms with Gasteiger partial charge in [0.15, 0.2) is 0 Å². The van der Waals surface area contributed by atoms with Gasteiger partial charge in [-0.2, -0.15) is 0 Å². The fraction of sp³-hybridized carbons (Fsp3) is 0.167. The molecule has 3 aromatic rings. The van der Waals surface area contributed by atoms with E-state index >= 15 is 0 Å². The number of anilines is 1. The van der Waals surface area contributed by atoms with Gasteiger partial charge < -0.3 is 5.73 Å². The largest absolute Gasteiger partial charge is 0.384 e. The van der Waals surface area contributed by atoms with Gasteiger partial charge in [-0.3, -0.25) is 19.5 Å². The molecule has 0 spiro atoms. The molecule has 0 saturated carbocycles. The van der Waals surface area contributed by atoms with Gasteiger partial charge in [0, 0.05) is 24.2 Å². The van der Waals surface area contributed by atoms with Crippen LogP contribution in [0.3, 0.4) is 0 Å². The molecule has 1 aromatic heterocycles. The van der Waals surface area contributed by atoms with Crippen molar-refractivity contribution in [3.63, 3.8) is 0 Å². The number of fused-ring (bicyclic) bond motifs is 1. The third kappa shape index (κ3) is 2.84. The van der Waals surface area contributed by atoms with Crippen molar-refractivity contribution >= 4 is 22.3 Å². The van der Waals surface area contributed by atoms with Crippen molar-refractivity contribution in [2.45, 2.75) is 19.9 Å². The summed E-state index contributed by atoms with van der Waals surface area (Å²) in [7, 11) is 0. The van der Waals surface area contributed by atoms with Crippen LogP contribution in [0.15, 0.2) is 47.3 Å². The van der Waals surface area contributed by atoms with Gasteiger partial charge in [-0.15, -0.1) is 0 Å². The van der Waals surface area contributed by atoms with E-state index in [0.29, 0.717) is 29.5 Å². The van der Waals surface area contributed by atoms with E-state index in [2.05, 4.69) is 0 Å². The first kappa shape index (κ1) is 16.6. The second kappa shape index (κ2) is 6.35. The Labute approximate surface area is 142 Å². The number of pyridine rings is 1. The average Bonchev–Trinajstić information content (AvgIpc) is 2.58. The number of hydrogen-bond acceptors (Lipinski definition) is 4. The third-order valence-electron chi connectivity index (χ3n) is 4.07. The Hall–Kier alpha value is -3.22. The summed E-state index contributed by atoms with van der Waals surface area (Å²) in [6, 6.07) is 9.93. The predicted octanol–water partition coefficient (Wildman–Crippen LogP) is 3.71. The Morgan fingerprint density at radius 3 is 2.60 bits per heavy atom. The van der Waals surface area contributed by atoms with Crippen LogP contribution in [0.2, 0.25) is 0 Å². The van der Waals surface area contributed by atoms with Crippen LogP contribution < -0.4 is 11.3 Å². The molecule has 7 heteroatoms. The van der Waals surface area contributed by atoms with E-state index in [9.17, 15) is 19.3 Å². The third-order valence-corrected chi connectivity index (χ3v) is 4.07. The molecule has 0 saturated heterocycles. The van der Waals surface area contributed by atoms with Crippen molar-refractivity contribution in [3.05, 3.63) is 68.7 Å². The number of nitro groups is 1. The number of non-ortho nitro benzene ring substituents is 1. The molecule has 128 valence electrons. The van der Waals surface area contributed by atoms with Crippen molar-refractivity contribution in [1.29, 1.82) is 0 Å². The minimum Gasteiger partial charge on any atom is -0.384 e. The van der Waals surface area contributed by atoms with Gasteiger partial charge in [-0.1, -0.05) is 19.1 Å². The zero-order chi connectivity index (χ0) is 18.1. The average molecular weight is 341 g/mol. The summed E-state index contributed by atoms with van der Waals surface area (Å²) >= 11 is 0. The van der Waals surface area contributed by atoms with Crippen molar-refractivity contribution < 1.29 is 9.31 Å². The van der Waals surface area contributed by atoms with Crippen LogP contribution >= 0.6 is 0 Å². The Morgan fingerprint density at radius 2 is 1.96 bits per heavy atom. The number of hydrogen-bond donors (Lipinski definition) is 1. The van der Waals surface area contributed by atoms with Gasteiger partial charge in [0.2, 0.25) is 0 Å². The van der Waals surface area contributed by atoms with E-state index in [0.717, 1.165) is 0 Å². The Balaban J connectivity index is 2.46. The van der Waals surface area contributed by atoms with Crippen LogP contribution in [0, 0.1) is 15.9 Å². The molecule has 1 heterocycles. The molecule has 0 amide bonds. The molecule has 2 N–H and O–H groups in total. The van der Waals surface area contributed by atoms with Gasteiger partial charge in [-0.05, 0) is 35.6 Å². The number of rotatable bonds is 4. The van der Waals surface area contributed by atoms with E-state index in [-0.39, 0.29) is 16.9 Å². The smallest absolute Gasteiger partial charge is 0.270 e. The molecular weight excluding hydrogens is 325 g/mol. The number of nitrogens with two attached hydrogens (primary N) is 1. The van der Waals surface area contributed by atoms with Crippen LogP contribution in [-0.4, -0.2) is 9.49 Å². The number of halogens is 1. The highest BCUT2D eigenvalue weighted by Crippen LogP contribution is 2.34. The Morgan fingerprint density at radius 1 is 1.20 bits per heavy atom. The number of nitro benzene ring substituents is 1. The van der Waals surface area contributed by atoms with E-state index < -0.39 is 16.3 Å². The molecule has 0 atom stereocenters. The van der Waals surface area contributed by atoms with E-state index in [1.165, 1.54) is 34.9 Å². The van der Waals surface area contributed by atoms with E-state index in [1.807, 2.05) is 6.92 Å². The summed E-state index contributed by atoms with van der Waals surface area (Å²) in [5.41, 5.74) is 6.67. The molecule has 0 radical (unpaired) electrons. The molecule has 0 fully saturated rings. The van der Waals surface area contributed by atoms with Crippen molar-refractivity contribution in [3.8, 4) is 11.1 Å². The number of nitrogen functional groups attached to an aromatic ring is 1. The first-order valence-corrected chi connectivity index (χ1v) is 7.80. The fourth-order valence-electron chi connectivity index (χ4n) is 2.96. The van der Waals surface area contributed by atoms with E-state index in [1.54, 1.807) is 12.1 Å².